The first kappa shape index (κ1) is 16.8. The molecule has 1 amide bonds. The number of nitrogens with one attached hydrogen (secondary N) is 2. The predicted octanol–water partition coefficient (Wildman–Crippen LogP) is 2.87. The molecule has 0 aliphatic heterocycles. The third-order valence-electron chi connectivity index (χ3n) is 4.41. The van der Waals surface area contributed by atoms with Crippen molar-refractivity contribution in [2.24, 2.45) is 0 Å². The van der Waals surface area contributed by atoms with Crippen LogP contribution >= 0.6 is 0 Å². The van der Waals surface area contributed by atoms with E-state index in [0.29, 0.717) is 24.5 Å². The van der Waals surface area contributed by atoms with Crippen molar-refractivity contribution < 1.29 is 9.53 Å². The molecule has 4 rings (SSSR count). The van der Waals surface area contributed by atoms with Gasteiger partial charge in [-0.25, -0.2) is 0 Å². The smallest absolute Gasteiger partial charge is 0.269 e. The van der Waals surface area contributed by atoms with Crippen molar-refractivity contribution in [3.05, 3.63) is 66.7 Å². The molecule has 0 aliphatic rings. The maximum atomic E-state index is 12.4. The largest absolute Gasteiger partial charge is 0.496 e. The highest BCUT2D eigenvalue weighted by Gasteiger charge is 2.11. The Balaban J connectivity index is 1.40. The number of hydrogen-bond donors (Lipinski definition) is 2. The van der Waals surface area contributed by atoms with E-state index >= 15 is 0 Å². The van der Waals surface area contributed by atoms with Crippen molar-refractivity contribution >= 4 is 16.8 Å². The summed E-state index contributed by atoms with van der Waals surface area (Å²) in [6.07, 6.45) is 5.41. The van der Waals surface area contributed by atoms with Crippen LogP contribution in [0, 0.1) is 0 Å². The number of methoxy groups -OCH3 is 1. The molecule has 0 bridgehead atoms. The molecule has 0 unspecified atom stereocenters. The molecule has 0 saturated heterocycles. The summed E-state index contributed by atoms with van der Waals surface area (Å²) in [7, 11) is 1.66. The Morgan fingerprint density at radius 3 is 3.00 bits per heavy atom. The van der Waals surface area contributed by atoms with Crippen molar-refractivity contribution in [3.63, 3.8) is 0 Å². The summed E-state index contributed by atoms with van der Waals surface area (Å²) < 4.78 is 7.47. The molecular weight excluding hydrogens is 342 g/mol. The van der Waals surface area contributed by atoms with E-state index in [4.69, 9.17) is 4.74 Å². The van der Waals surface area contributed by atoms with Gasteiger partial charge in [-0.3, -0.25) is 14.9 Å². The quantitative estimate of drug-likeness (QED) is 0.553. The molecule has 0 spiro atoms. The van der Waals surface area contributed by atoms with Gasteiger partial charge in [0.05, 0.1) is 18.3 Å². The van der Waals surface area contributed by atoms with Crippen LogP contribution in [-0.4, -0.2) is 39.3 Å². The number of aromatic amines is 1. The topological polar surface area (TPSA) is 84.8 Å². The number of carbonyl (C=O) groups excluding carboxylic acids is 1. The number of H-pyrrole nitrogens is 1. The zero-order valence-corrected chi connectivity index (χ0v) is 14.8. The molecule has 4 aromatic rings. The average Bonchev–Trinajstić information content (AvgIpc) is 3.36. The summed E-state index contributed by atoms with van der Waals surface area (Å²) in [5.41, 5.74) is 3.05. The second kappa shape index (κ2) is 7.33. The monoisotopic (exact) mass is 361 g/mol. The predicted molar refractivity (Wildman–Crippen MR) is 103 cm³/mol. The fraction of sp³-hybridized carbons (Fsp3) is 0.150. The first-order chi connectivity index (χ1) is 13.3. The molecule has 7 heteroatoms. The first-order valence-corrected chi connectivity index (χ1v) is 8.62. The molecule has 1 aromatic carbocycles. The van der Waals surface area contributed by atoms with Crippen LogP contribution in [0.4, 0.5) is 0 Å². The van der Waals surface area contributed by atoms with Crippen molar-refractivity contribution in [1.29, 1.82) is 0 Å². The standard InChI is InChI=1S/C20H19N5O2/c1-27-19-6-2-5-18-15(19)7-10-25(18)11-9-22-20(26)17-12-16(23-24-17)14-4-3-8-21-13-14/h2-8,10,12-13H,9,11H2,1H3,(H,22,26)(H,23,24). The summed E-state index contributed by atoms with van der Waals surface area (Å²) in [4.78, 5) is 16.4. The van der Waals surface area contributed by atoms with Crippen molar-refractivity contribution in [3.8, 4) is 17.0 Å². The molecule has 7 nitrogen and oxygen atoms in total. The van der Waals surface area contributed by atoms with Crippen LogP contribution in [-0.2, 0) is 6.54 Å². The molecule has 3 heterocycles. The lowest BCUT2D eigenvalue weighted by atomic mass is 10.2. The molecule has 2 N–H and O–H groups in total. The zero-order chi connectivity index (χ0) is 18.6. The minimum absolute atomic E-state index is 0.188. The van der Waals surface area contributed by atoms with Gasteiger partial charge in [0, 0.05) is 42.6 Å². The van der Waals surface area contributed by atoms with Gasteiger partial charge in [-0.05, 0) is 36.4 Å². The number of ether oxygens (including phenoxy) is 1. The van der Waals surface area contributed by atoms with Gasteiger partial charge in [-0.2, -0.15) is 5.10 Å². The number of benzene rings is 1. The normalized spacial score (nSPS) is 10.9. The number of rotatable bonds is 6. The van der Waals surface area contributed by atoms with Crippen LogP contribution in [0.5, 0.6) is 5.75 Å². The van der Waals surface area contributed by atoms with E-state index in [1.54, 1.807) is 25.6 Å². The third kappa shape index (κ3) is 3.39. The van der Waals surface area contributed by atoms with Gasteiger partial charge in [0.15, 0.2) is 0 Å². The van der Waals surface area contributed by atoms with Gasteiger partial charge in [0.25, 0.3) is 5.91 Å². The van der Waals surface area contributed by atoms with Gasteiger partial charge < -0.3 is 14.6 Å². The SMILES string of the molecule is COc1cccc2c1ccn2CCNC(=O)c1cc(-c2cccnc2)n[nH]1. The summed E-state index contributed by atoms with van der Waals surface area (Å²) in [6.45, 7) is 1.16. The molecular formula is C20H19N5O2. The Bertz CT molecular complexity index is 1070. The Morgan fingerprint density at radius 1 is 1.26 bits per heavy atom. The Hall–Kier alpha value is -3.61. The lowest BCUT2D eigenvalue weighted by Crippen LogP contribution is -2.27. The van der Waals surface area contributed by atoms with Crippen molar-refractivity contribution in [1.82, 2.24) is 25.1 Å². The van der Waals surface area contributed by atoms with Gasteiger partial charge in [0.2, 0.25) is 0 Å². The lowest BCUT2D eigenvalue weighted by molar-refractivity contribution is 0.0947. The fourth-order valence-electron chi connectivity index (χ4n) is 3.05. The third-order valence-corrected chi connectivity index (χ3v) is 4.41. The maximum Gasteiger partial charge on any atom is 0.269 e. The highest BCUT2D eigenvalue weighted by molar-refractivity contribution is 5.93. The fourth-order valence-corrected chi connectivity index (χ4v) is 3.05. The van der Waals surface area contributed by atoms with E-state index in [2.05, 4.69) is 25.1 Å². The number of pyridine rings is 1. The Labute approximate surface area is 156 Å². The van der Waals surface area contributed by atoms with E-state index < -0.39 is 0 Å². The number of fused-ring (bicyclic) bond motifs is 1. The van der Waals surface area contributed by atoms with Crippen LogP contribution in [0.1, 0.15) is 10.5 Å². The van der Waals surface area contributed by atoms with E-state index in [9.17, 15) is 4.79 Å². The number of aromatic nitrogens is 4. The van der Waals surface area contributed by atoms with Crippen LogP contribution in [0.3, 0.4) is 0 Å². The van der Waals surface area contributed by atoms with Crippen molar-refractivity contribution in [2.75, 3.05) is 13.7 Å². The summed E-state index contributed by atoms with van der Waals surface area (Å²) >= 11 is 0. The first-order valence-electron chi connectivity index (χ1n) is 8.62. The van der Waals surface area contributed by atoms with Crippen LogP contribution in [0.2, 0.25) is 0 Å². The van der Waals surface area contributed by atoms with E-state index in [0.717, 1.165) is 22.2 Å². The van der Waals surface area contributed by atoms with Gasteiger partial charge in [-0.15, -0.1) is 0 Å². The highest BCUT2D eigenvalue weighted by Crippen LogP contribution is 2.26. The summed E-state index contributed by atoms with van der Waals surface area (Å²) in [5.74, 6) is 0.655. The Morgan fingerprint density at radius 2 is 2.19 bits per heavy atom. The second-order valence-corrected chi connectivity index (χ2v) is 6.07. The van der Waals surface area contributed by atoms with Gasteiger partial charge in [-0.1, -0.05) is 6.07 Å². The van der Waals surface area contributed by atoms with Gasteiger partial charge >= 0.3 is 0 Å². The second-order valence-electron chi connectivity index (χ2n) is 6.07. The summed E-state index contributed by atoms with van der Waals surface area (Å²) in [6, 6.07) is 13.4. The Kier molecular flexibility index (Phi) is 4.57. The maximum absolute atomic E-state index is 12.4. The lowest BCUT2D eigenvalue weighted by Gasteiger charge is -2.08. The number of amides is 1. The zero-order valence-electron chi connectivity index (χ0n) is 14.8. The molecule has 0 atom stereocenters. The van der Waals surface area contributed by atoms with Crippen molar-refractivity contribution in [2.45, 2.75) is 6.54 Å². The molecule has 0 fully saturated rings. The van der Waals surface area contributed by atoms with E-state index in [1.807, 2.05) is 42.6 Å². The number of carbonyl (C=O) groups is 1. The van der Waals surface area contributed by atoms with E-state index in [1.165, 1.54) is 0 Å². The summed E-state index contributed by atoms with van der Waals surface area (Å²) in [5, 5.41) is 10.9. The number of hydrogen-bond acceptors (Lipinski definition) is 4. The van der Waals surface area contributed by atoms with Crippen LogP contribution in [0.15, 0.2) is 61.1 Å². The molecule has 0 radical (unpaired) electrons. The molecule has 27 heavy (non-hydrogen) atoms. The minimum Gasteiger partial charge on any atom is -0.496 e. The van der Waals surface area contributed by atoms with Crippen LogP contribution in [0.25, 0.3) is 22.2 Å². The van der Waals surface area contributed by atoms with Gasteiger partial charge in [0.1, 0.15) is 11.4 Å². The molecule has 0 aliphatic carbocycles. The van der Waals surface area contributed by atoms with E-state index in [-0.39, 0.29) is 5.91 Å². The minimum atomic E-state index is -0.188. The molecule has 3 aromatic heterocycles. The number of nitrogens with zero attached hydrogens (tertiary/aromatic N) is 3. The molecule has 136 valence electrons. The highest BCUT2D eigenvalue weighted by atomic mass is 16.5. The van der Waals surface area contributed by atoms with Crippen LogP contribution < -0.4 is 10.1 Å². The molecule has 0 saturated carbocycles. The average molecular weight is 361 g/mol.